The van der Waals surface area contributed by atoms with Gasteiger partial charge in [0.05, 0.1) is 7.11 Å². The summed E-state index contributed by atoms with van der Waals surface area (Å²) in [6.07, 6.45) is 0. The Morgan fingerprint density at radius 3 is 2.68 bits per heavy atom. The number of thiazole rings is 1. The van der Waals surface area contributed by atoms with Crippen molar-refractivity contribution in [1.82, 2.24) is 4.98 Å². The number of benzene rings is 1. The molecule has 0 atom stereocenters. The number of nitrogen functional groups attached to an aromatic ring is 1. The van der Waals surface area contributed by atoms with Gasteiger partial charge in [0.1, 0.15) is 5.01 Å². The van der Waals surface area contributed by atoms with E-state index < -0.39 is 0 Å². The minimum atomic E-state index is -0.379. The molecule has 1 heterocycles. The minimum absolute atomic E-state index is 0.379. The molecule has 100 valence electrons. The summed E-state index contributed by atoms with van der Waals surface area (Å²) >= 11 is 1.30. The number of ether oxygens (including phenoxy) is 1. The molecule has 0 fully saturated rings. The topological polar surface area (TPSA) is 77.2 Å². The predicted octanol–water partition coefficient (Wildman–Crippen LogP) is 2.61. The number of aromatic nitrogens is 1. The lowest BCUT2D eigenvalue weighted by atomic mass is 10.2. The minimum Gasteiger partial charge on any atom is -0.465 e. The summed E-state index contributed by atoms with van der Waals surface area (Å²) in [5.41, 5.74) is 7.27. The van der Waals surface area contributed by atoms with E-state index in [1.54, 1.807) is 0 Å². The number of nitrogens with zero attached hydrogens (tertiary/aromatic N) is 1. The number of esters is 1. The molecule has 0 unspecified atom stereocenters. The molecule has 5 nitrogen and oxygen atoms in total. The Balaban J connectivity index is 2.41. The molecule has 19 heavy (non-hydrogen) atoms. The van der Waals surface area contributed by atoms with Crippen molar-refractivity contribution in [2.24, 2.45) is 0 Å². The van der Waals surface area contributed by atoms with E-state index in [1.165, 1.54) is 18.4 Å². The van der Waals surface area contributed by atoms with Gasteiger partial charge in [-0.2, -0.15) is 0 Å². The van der Waals surface area contributed by atoms with Crippen LogP contribution in [0.25, 0.3) is 10.6 Å². The second kappa shape index (κ2) is 5.71. The van der Waals surface area contributed by atoms with Crippen LogP contribution in [0.3, 0.4) is 0 Å². The number of carbonyl (C=O) groups is 1. The molecule has 0 radical (unpaired) electrons. The fraction of sp³-hybridized carbons (Fsp3) is 0.231. The molecule has 0 saturated heterocycles. The van der Waals surface area contributed by atoms with E-state index >= 15 is 0 Å². The normalized spacial score (nSPS) is 10.2. The number of nitrogens with two attached hydrogens (primary N) is 1. The van der Waals surface area contributed by atoms with Gasteiger partial charge in [-0.3, -0.25) is 0 Å². The van der Waals surface area contributed by atoms with Gasteiger partial charge in [0, 0.05) is 17.8 Å². The number of carbonyl (C=O) groups excluding carboxylic acids is 1. The van der Waals surface area contributed by atoms with Gasteiger partial charge >= 0.3 is 5.97 Å². The molecule has 2 aromatic rings. The molecule has 2 rings (SSSR count). The number of hydrogen-bond acceptors (Lipinski definition) is 6. The molecule has 3 N–H and O–H groups in total. The zero-order chi connectivity index (χ0) is 13.8. The Labute approximate surface area is 115 Å². The van der Waals surface area contributed by atoms with Crippen LogP contribution >= 0.6 is 11.3 Å². The van der Waals surface area contributed by atoms with Crippen molar-refractivity contribution < 1.29 is 9.53 Å². The van der Waals surface area contributed by atoms with Crippen LogP contribution < -0.4 is 11.1 Å². The van der Waals surface area contributed by atoms with E-state index in [1.807, 2.05) is 31.2 Å². The highest BCUT2D eigenvalue weighted by atomic mass is 32.1. The fourth-order valence-electron chi connectivity index (χ4n) is 1.59. The molecule has 6 heteroatoms. The number of anilines is 2. The van der Waals surface area contributed by atoms with Crippen LogP contribution in [0.4, 0.5) is 11.5 Å². The summed E-state index contributed by atoms with van der Waals surface area (Å²) in [6, 6.07) is 7.37. The van der Waals surface area contributed by atoms with Gasteiger partial charge < -0.3 is 15.8 Å². The van der Waals surface area contributed by atoms with Crippen LogP contribution in [0, 0.1) is 0 Å². The first-order valence-corrected chi connectivity index (χ1v) is 6.66. The van der Waals surface area contributed by atoms with E-state index in [0.717, 1.165) is 10.6 Å². The van der Waals surface area contributed by atoms with Crippen LogP contribution in [-0.4, -0.2) is 24.6 Å². The number of hydrogen-bond donors (Lipinski definition) is 2. The predicted molar refractivity (Wildman–Crippen MR) is 77.5 cm³/mol. The summed E-state index contributed by atoms with van der Waals surface area (Å²) in [7, 11) is 1.36. The van der Waals surface area contributed by atoms with Gasteiger partial charge in [-0.15, -0.1) is 11.3 Å². The van der Waals surface area contributed by atoms with Crippen LogP contribution in [0.2, 0.25) is 0 Å². The molecule has 0 aliphatic carbocycles. The summed E-state index contributed by atoms with van der Waals surface area (Å²) < 4.78 is 4.76. The first kappa shape index (κ1) is 13.4. The van der Waals surface area contributed by atoms with Gasteiger partial charge in [-0.1, -0.05) is 0 Å². The first-order chi connectivity index (χ1) is 9.15. The standard InChI is InChI=1S/C13H15N3O2S/c1-3-15-11-10(13(17)18-2)19-12(16-11)8-4-6-9(14)7-5-8/h4-7,15H,3,14H2,1-2H3. The first-order valence-electron chi connectivity index (χ1n) is 5.84. The Hall–Kier alpha value is -2.08. The largest absolute Gasteiger partial charge is 0.465 e. The lowest BCUT2D eigenvalue weighted by molar-refractivity contribution is 0.0607. The van der Waals surface area contributed by atoms with Gasteiger partial charge in [-0.25, -0.2) is 9.78 Å². The highest BCUT2D eigenvalue weighted by Gasteiger charge is 2.18. The van der Waals surface area contributed by atoms with Crippen LogP contribution in [0.5, 0.6) is 0 Å². The highest BCUT2D eigenvalue weighted by Crippen LogP contribution is 2.31. The fourth-order valence-corrected chi connectivity index (χ4v) is 2.55. The second-order valence-corrected chi connectivity index (χ2v) is 4.84. The van der Waals surface area contributed by atoms with E-state index in [0.29, 0.717) is 22.9 Å². The SMILES string of the molecule is CCNc1nc(-c2ccc(N)cc2)sc1C(=O)OC. The van der Waals surface area contributed by atoms with Crippen molar-refractivity contribution in [1.29, 1.82) is 0 Å². The zero-order valence-corrected chi connectivity index (χ0v) is 11.6. The lowest BCUT2D eigenvalue weighted by Crippen LogP contribution is -2.05. The molecule has 0 spiro atoms. The highest BCUT2D eigenvalue weighted by molar-refractivity contribution is 7.17. The monoisotopic (exact) mass is 277 g/mol. The zero-order valence-electron chi connectivity index (χ0n) is 10.8. The van der Waals surface area contributed by atoms with E-state index in [-0.39, 0.29) is 5.97 Å². The summed E-state index contributed by atoms with van der Waals surface area (Å²) in [6.45, 7) is 2.64. The third-order valence-corrected chi connectivity index (χ3v) is 3.58. The van der Waals surface area contributed by atoms with Gasteiger partial charge in [0.2, 0.25) is 0 Å². The van der Waals surface area contributed by atoms with Crippen molar-refractivity contribution in [3.05, 3.63) is 29.1 Å². The molecule has 0 bridgehead atoms. The van der Waals surface area contributed by atoms with Crippen molar-refractivity contribution in [2.45, 2.75) is 6.92 Å². The summed E-state index contributed by atoms with van der Waals surface area (Å²) in [5, 5.41) is 3.83. The van der Waals surface area contributed by atoms with Crippen LogP contribution in [-0.2, 0) is 4.74 Å². The maximum absolute atomic E-state index is 11.7. The third-order valence-electron chi connectivity index (χ3n) is 2.50. The Kier molecular flexibility index (Phi) is 4.01. The van der Waals surface area contributed by atoms with E-state index in [2.05, 4.69) is 10.3 Å². The molecule has 1 aromatic carbocycles. The molecule has 0 aliphatic rings. The number of nitrogens with one attached hydrogen (secondary N) is 1. The maximum atomic E-state index is 11.7. The number of rotatable bonds is 4. The molecular formula is C13H15N3O2S. The van der Waals surface area contributed by atoms with Gasteiger partial charge in [0.15, 0.2) is 10.7 Å². The molecule has 0 saturated carbocycles. The van der Waals surface area contributed by atoms with Crippen molar-refractivity contribution >= 4 is 28.8 Å². The van der Waals surface area contributed by atoms with Gasteiger partial charge in [0.25, 0.3) is 0 Å². The quantitative estimate of drug-likeness (QED) is 0.663. The summed E-state index contributed by atoms with van der Waals surface area (Å²) in [5.74, 6) is 0.182. The van der Waals surface area contributed by atoms with Crippen molar-refractivity contribution in [3.63, 3.8) is 0 Å². The van der Waals surface area contributed by atoms with Crippen molar-refractivity contribution in [3.8, 4) is 10.6 Å². The number of methoxy groups -OCH3 is 1. The van der Waals surface area contributed by atoms with Gasteiger partial charge in [-0.05, 0) is 31.2 Å². The van der Waals surface area contributed by atoms with Crippen molar-refractivity contribution in [2.75, 3.05) is 24.7 Å². The Morgan fingerprint density at radius 1 is 1.42 bits per heavy atom. The molecular weight excluding hydrogens is 262 g/mol. The van der Waals surface area contributed by atoms with E-state index in [9.17, 15) is 4.79 Å². The smallest absolute Gasteiger partial charge is 0.351 e. The Bertz CT molecular complexity index is 578. The molecule has 1 aromatic heterocycles. The third kappa shape index (κ3) is 2.85. The molecule has 0 aliphatic heterocycles. The average molecular weight is 277 g/mol. The lowest BCUT2D eigenvalue weighted by Gasteiger charge is -2.00. The molecule has 0 amide bonds. The Morgan fingerprint density at radius 2 is 2.11 bits per heavy atom. The van der Waals surface area contributed by atoms with Crippen LogP contribution in [0.15, 0.2) is 24.3 Å². The maximum Gasteiger partial charge on any atom is 0.351 e. The second-order valence-electron chi connectivity index (χ2n) is 3.84. The average Bonchev–Trinajstić information content (AvgIpc) is 2.83. The van der Waals surface area contributed by atoms with E-state index in [4.69, 9.17) is 10.5 Å². The summed E-state index contributed by atoms with van der Waals surface area (Å²) in [4.78, 5) is 16.6. The van der Waals surface area contributed by atoms with Crippen LogP contribution in [0.1, 0.15) is 16.6 Å².